The first-order valence-electron chi connectivity index (χ1n) is 5.19. The normalized spacial score (nSPS) is 16.7. The minimum Gasteiger partial charge on any atom is -0.337 e. The van der Waals surface area contributed by atoms with Crippen LogP contribution in [0.4, 0.5) is 0 Å². The molecule has 0 bridgehead atoms. The topological polar surface area (TPSA) is 32.3 Å². The Labute approximate surface area is 90.1 Å². The Morgan fingerprint density at radius 2 is 2.20 bits per heavy atom. The number of nitrogens with one attached hydrogen (secondary N) is 1. The zero-order chi connectivity index (χ0) is 11.0. The largest absolute Gasteiger partial charge is 0.337 e. The summed E-state index contributed by atoms with van der Waals surface area (Å²) in [5.41, 5.74) is 3.13. The summed E-state index contributed by atoms with van der Waals surface area (Å²) in [4.78, 5) is 13.7. The number of nitrogens with zero attached hydrogens (tertiary/aromatic N) is 1. The maximum Gasteiger partial charge on any atom is 0.254 e. The van der Waals surface area contributed by atoms with Crippen molar-refractivity contribution in [1.82, 2.24) is 10.2 Å². The zero-order valence-electron chi connectivity index (χ0n) is 9.37. The van der Waals surface area contributed by atoms with Gasteiger partial charge < -0.3 is 10.2 Å². The third-order valence-corrected chi connectivity index (χ3v) is 3.05. The molecular formula is C12H16N2O. The Bertz CT molecular complexity index is 401. The van der Waals surface area contributed by atoms with Gasteiger partial charge in [-0.2, -0.15) is 0 Å². The van der Waals surface area contributed by atoms with Gasteiger partial charge in [0.05, 0.1) is 0 Å². The molecule has 0 fully saturated rings. The van der Waals surface area contributed by atoms with Crippen molar-refractivity contribution < 1.29 is 4.79 Å². The van der Waals surface area contributed by atoms with Crippen LogP contribution in [-0.2, 0) is 6.54 Å². The quantitative estimate of drug-likeness (QED) is 0.792. The number of hydrogen-bond donors (Lipinski definition) is 1. The van der Waals surface area contributed by atoms with Crippen molar-refractivity contribution in [1.29, 1.82) is 0 Å². The van der Waals surface area contributed by atoms with Gasteiger partial charge in [-0.3, -0.25) is 4.79 Å². The van der Waals surface area contributed by atoms with Crippen molar-refractivity contribution in [2.75, 3.05) is 14.1 Å². The van der Waals surface area contributed by atoms with E-state index >= 15 is 0 Å². The lowest BCUT2D eigenvalue weighted by atomic mass is 9.98. The maximum atomic E-state index is 11.9. The van der Waals surface area contributed by atoms with Crippen molar-refractivity contribution >= 4 is 5.91 Å². The van der Waals surface area contributed by atoms with Crippen molar-refractivity contribution in [3.05, 3.63) is 34.9 Å². The fourth-order valence-electron chi connectivity index (χ4n) is 2.05. The summed E-state index contributed by atoms with van der Waals surface area (Å²) < 4.78 is 0. The molecule has 3 nitrogen and oxygen atoms in total. The number of fused-ring (bicyclic) bond motifs is 1. The van der Waals surface area contributed by atoms with Gasteiger partial charge in [0.25, 0.3) is 5.91 Å². The summed E-state index contributed by atoms with van der Waals surface area (Å²) in [5, 5.41) is 3.18. The molecule has 1 aliphatic rings. The van der Waals surface area contributed by atoms with Crippen molar-refractivity contribution in [3.63, 3.8) is 0 Å². The molecule has 15 heavy (non-hydrogen) atoms. The fraction of sp³-hybridized carbons (Fsp3) is 0.417. The molecule has 0 spiro atoms. The number of carbonyl (C=O) groups excluding carboxylic acids is 1. The van der Waals surface area contributed by atoms with Gasteiger partial charge in [-0.05, 0) is 25.1 Å². The van der Waals surface area contributed by atoms with Crippen LogP contribution in [0.25, 0.3) is 0 Å². The second kappa shape index (κ2) is 3.66. The van der Waals surface area contributed by atoms with E-state index < -0.39 is 0 Å². The lowest BCUT2D eigenvalue weighted by molar-refractivity contribution is 0.0815. The van der Waals surface area contributed by atoms with Crippen molar-refractivity contribution in [3.8, 4) is 0 Å². The third-order valence-electron chi connectivity index (χ3n) is 3.05. The van der Waals surface area contributed by atoms with Crippen LogP contribution in [0.3, 0.4) is 0 Å². The number of amides is 1. The highest BCUT2D eigenvalue weighted by Crippen LogP contribution is 2.28. The first kappa shape index (κ1) is 10.2. The SMILES string of the molecule is CNC(C)c1cccc2c1C(=O)N(C)C2. The molecule has 80 valence electrons. The fourth-order valence-corrected chi connectivity index (χ4v) is 2.05. The number of hydrogen-bond acceptors (Lipinski definition) is 2. The molecule has 0 radical (unpaired) electrons. The Hall–Kier alpha value is -1.35. The van der Waals surface area contributed by atoms with E-state index in [1.54, 1.807) is 4.90 Å². The molecule has 1 aromatic carbocycles. The lowest BCUT2D eigenvalue weighted by Gasteiger charge is -2.14. The van der Waals surface area contributed by atoms with Crippen LogP contribution in [0, 0.1) is 0 Å². The molecule has 0 aromatic heterocycles. The lowest BCUT2D eigenvalue weighted by Crippen LogP contribution is -2.20. The second-order valence-electron chi connectivity index (χ2n) is 4.05. The monoisotopic (exact) mass is 204 g/mol. The van der Waals surface area contributed by atoms with E-state index in [1.807, 2.05) is 32.3 Å². The zero-order valence-corrected chi connectivity index (χ0v) is 9.37. The van der Waals surface area contributed by atoms with E-state index in [0.717, 1.165) is 23.2 Å². The summed E-state index contributed by atoms with van der Waals surface area (Å²) >= 11 is 0. The van der Waals surface area contributed by atoms with Crippen LogP contribution in [0.1, 0.15) is 34.5 Å². The van der Waals surface area contributed by atoms with Gasteiger partial charge in [0.2, 0.25) is 0 Å². The molecule has 2 rings (SSSR count). The Morgan fingerprint density at radius 3 is 2.87 bits per heavy atom. The highest BCUT2D eigenvalue weighted by atomic mass is 16.2. The van der Waals surface area contributed by atoms with E-state index in [4.69, 9.17) is 0 Å². The summed E-state index contributed by atoms with van der Waals surface area (Å²) in [6.07, 6.45) is 0. The predicted molar refractivity (Wildman–Crippen MR) is 59.7 cm³/mol. The average molecular weight is 204 g/mol. The van der Waals surface area contributed by atoms with Gasteiger partial charge in [0.15, 0.2) is 0 Å². The minimum absolute atomic E-state index is 0.141. The Morgan fingerprint density at radius 1 is 1.47 bits per heavy atom. The Kier molecular flexibility index (Phi) is 2.49. The van der Waals surface area contributed by atoms with E-state index in [-0.39, 0.29) is 11.9 Å². The van der Waals surface area contributed by atoms with Gasteiger partial charge in [0.1, 0.15) is 0 Å². The highest BCUT2D eigenvalue weighted by molar-refractivity contribution is 5.99. The molecule has 1 amide bonds. The predicted octanol–water partition coefficient (Wildman–Crippen LogP) is 1.55. The first-order valence-corrected chi connectivity index (χ1v) is 5.19. The molecule has 1 unspecified atom stereocenters. The molecular weight excluding hydrogens is 188 g/mol. The minimum atomic E-state index is 0.141. The summed E-state index contributed by atoms with van der Waals surface area (Å²) in [7, 11) is 3.75. The van der Waals surface area contributed by atoms with E-state index in [9.17, 15) is 4.79 Å². The summed E-state index contributed by atoms with van der Waals surface area (Å²) in [6.45, 7) is 2.81. The van der Waals surface area contributed by atoms with Gasteiger partial charge in [-0.1, -0.05) is 18.2 Å². The Balaban J connectivity index is 2.52. The van der Waals surface area contributed by atoms with Crippen LogP contribution < -0.4 is 5.32 Å². The van der Waals surface area contributed by atoms with Gasteiger partial charge in [0, 0.05) is 25.2 Å². The molecule has 1 aromatic rings. The van der Waals surface area contributed by atoms with Crippen molar-refractivity contribution in [2.24, 2.45) is 0 Å². The van der Waals surface area contributed by atoms with Gasteiger partial charge in [-0.25, -0.2) is 0 Å². The number of carbonyl (C=O) groups is 1. The standard InChI is InChI=1S/C12H16N2O/c1-8(13-2)10-6-4-5-9-7-14(3)12(15)11(9)10/h4-6,8,13H,7H2,1-3H3. The van der Waals surface area contributed by atoms with Crippen LogP contribution in [0.15, 0.2) is 18.2 Å². The molecule has 1 aliphatic heterocycles. The molecule has 1 N–H and O–H groups in total. The molecule has 1 heterocycles. The van der Waals surface area contributed by atoms with E-state index in [2.05, 4.69) is 12.2 Å². The second-order valence-corrected chi connectivity index (χ2v) is 4.05. The third kappa shape index (κ3) is 1.53. The van der Waals surface area contributed by atoms with Crippen LogP contribution >= 0.6 is 0 Å². The van der Waals surface area contributed by atoms with E-state index in [1.165, 1.54) is 0 Å². The van der Waals surface area contributed by atoms with Crippen molar-refractivity contribution in [2.45, 2.75) is 19.5 Å². The smallest absolute Gasteiger partial charge is 0.254 e. The average Bonchev–Trinajstić information content (AvgIpc) is 2.54. The number of rotatable bonds is 2. The van der Waals surface area contributed by atoms with Crippen LogP contribution in [-0.4, -0.2) is 24.9 Å². The molecule has 0 saturated carbocycles. The van der Waals surface area contributed by atoms with Crippen LogP contribution in [0.5, 0.6) is 0 Å². The molecule has 0 aliphatic carbocycles. The highest BCUT2D eigenvalue weighted by Gasteiger charge is 2.28. The number of benzene rings is 1. The molecule has 3 heteroatoms. The van der Waals surface area contributed by atoms with E-state index in [0.29, 0.717) is 0 Å². The molecule has 0 saturated heterocycles. The molecule has 1 atom stereocenters. The van der Waals surface area contributed by atoms with Gasteiger partial charge in [-0.15, -0.1) is 0 Å². The van der Waals surface area contributed by atoms with Gasteiger partial charge >= 0.3 is 0 Å². The maximum absolute atomic E-state index is 11.9. The van der Waals surface area contributed by atoms with Crippen LogP contribution in [0.2, 0.25) is 0 Å². The first-order chi connectivity index (χ1) is 7.15. The summed E-state index contributed by atoms with van der Waals surface area (Å²) in [5.74, 6) is 0.141. The summed E-state index contributed by atoms with van der Waals surface area (Å²) in [6, 6.07) is 6.30.